The van der Waals surface area contributed by atoms with Gasteiger partial charge in [0.15, 0.2) is 5.13 Å². The lowest BCUT2D eigenvalue weighted by atomic mass is 10.1. The Bertz CT molecular complexity index is 1120. The SMILES string of the molecule is Cc1ccc(-c2csc(NC(=O)c3cc(C)c(C)c(S(N)(=O)=O)c3)n2)cc1. The number of aromatic nitrogens is 1. The number of carbonyl (C=O) groups excluding carboxylic acids is 1. The maximum absolute atomic E-state index is 12.6. The Morgan fingerprint density at radius 2 is 1.78 bits per heavy atom. The molecule has 3 rings (SSSR count). The second-order valence-corrected chi connectivity index (χ2v) is 8.71. The van der Waals surface area contributed by atoms with Crippen molar-refractivity contribution in [3.05, 3.63) is 64.0 Å². The van der Waals surface area contributed by atoms with Crippen molar-refractivity contribution in [1.29, 1.82) is 0 Å². The summed E-state index contributed by atoms with van der Waals surface area (Å²) in [6, 6.07) is 10.9. The van der Waals surface area contributed by atoms with Gasteiger partial charge in [-0.05, 0) is 44.0 Å². The van der Waals surface area contributed by atoms with Crippen LogP contribution in [0.15, 0.2) is 46.7 Å². The van der Waals surface area contributed by atoms with Crippen LogP contribution in [0.5, 0.6) is 0 Å². The molecule has 0 radical (unpaired) electrons. The van der Waals surface area contributed by atoms with Gasteiger partial charge in [-0.15, -0.1) is 11.3 Å². The Hall–Kier alpha value is -2.55. The van der Waals surface area contributed by atoms with Gasteiger partial charge in [-0.2, -0.15) is 0 Å². The van der Waals surface area contributed by atoms with Gasteiger partial charge in [0.25, 0.3) is 5.91 Å². The standard InChI is InChI=1S/C19H19N3O3S2/c1-11-4-6-14(7-5-11)16-10-26-19(21-16)22-18(23)15-8-12(2)13(3)17(9-15)27(20,24)25/h4-10H,1-3H3,(H2,20,24,25)(H,21,22,23). The molecule has 0 bridgehead atoms. The Kier molecular flexibility index (Phi) is 5.14. The quantitative estimate of drug-likeness (QED) is 0.697. The zero-order chi connectivity index (χ0) is 19.8. The first-order valence-electron chi connectivity index (χ1n) is 8.13. The minimum Gasteiger partial charge on any atom is -0.298 e. The first-order valence-corrected chi connectivity index (χ1v) is 10.6. The fraction of sp³-hybridized carbons (Fsp3) is 0.158. The number of nitrogens with one attached hydrogen (secondary N) is 1. The zero-order valence-electron chi connectivity index (χ0n) is 15.1. The van der Waals surface area contributed by atoms with E-state index in [1.807, 2.05) is 36.6 Å². The van der Waals surface area contributed by atoms with Crippen molar-refractivity contribution in [2.45, 2.75) is 25.7 Å². The van der Waals surface area contributed by atoms with Crippen LogP contribution < -0.4 is 10.5 Å². The van der Waals surface area contributed by atoms with Crippen molar-refractivity contribution in [3.8, 4) is 11.3 Å². The molecular formula is C19H19N3O3S2. The molecule has 0 saturated heterocycles. The number of hydrogen-bond donors (Lipinski definition) is 2. The molecule has 0 aliphatic rings. The molecule has 140 valence electrons. The fourth-order valence-electron chi connectivity index (χ4n) is 2.61. The maximum atomic E-state index is 12.6. The number of primary sulfonamides is 1. The zero-order valence-corrected chi connectivity index (χ0v) is 16.7. The van der Waals surface area contributed by atoms with E-state index >= 15 is 0 Å². The van der Waals surface area contributed by atoms with Gasteiger partial charge < -0.3 is 0 Å². The van der Waals surface area contributed by atoms with Crippen molar-refractivity contribution in [2.24, 2.45) is 5.14 Å². The third kappa shape index (κ3) is 4.24. The lowest BCUT2D eigenvalue weighted by Crippen LogP contribution is -2.17. The number of rotatable bonds is 4. The predicted octanol–water partition coefficient (Wildman–Crippen LogP) is 3.64. The minimum atomic E-state index is -3.91. The number of thiazole rings is 1. The lowest BCUT2D eigenvalue weighted by molar-refractivity contribution is 0.102. The molecule has 27 heavy (non-hydrogen) atoms. The molecule has 0 spiro atoms. The lowest BCUT2D eigenvalue weighted by Gasteiger charge is -2.10. The molecule has 0 atom stereocenters. The molecule has 0 fully saturated rings. The van der Waals surface area contributed by atoms with Crippen LogP contribution in [-0.4, -0.2) is 19.3 Å². The van der Waals surface area contributed by atoms with Gasteiger partial charge in [0.2, 0.25) is 10.0 Å². The van der Waals surface area contributed by atoms with E-state index < -0.39 is 15.9 Å². The molecule has 1 amide bonds. The summed E-state index contributed by atoms with van der Waals surface area (Å²) in [5.74, 6) is -0.437. The van der Waals surface area contributed by atoms with E-state index in [1.165, 1.54) is 17.4 Å². The second-order valence-electron chi connectivity index (χ2n) is 6.32. The average Bonchev–Trinajstić information content (AvgIpc) is 3.05. The first-order chi connectivity index (χ1) is 12.6. The number of hydrogen-bond acceptors (Lipinski definition) is 5. The Balaban J connectivity index is 1.86. The number of anilines is 1. The van der Waals surface area contributed by atoms with E-state index in [-0.39, 0.29) is 10.5 Å². The normalized spacial score (nSPS) is 11.4. The van der Waals surface area contributed by atoms with E-state index in [2.05, 4.69) is 10.3 Å². The van der Waals surface area contributed by atoms with Crippen LogP contribution in [-0.2, 0) is 10.0 Å². The third-order valence-electron chi connectivity index (χ3n) is 4.26. The van der Waals surface area contributed by atoms with Crippen molar-refractivity contribution in [1.82, 2.24) is 4.98 Å². The summed E-state index contributed by atoms with van der Waals surface area (Å²) in [6.45, 7) is 5.40. The van der Waals surface area contributed by atoms with E-state index in [0.29, 0.717) is 16.3 Å². The van der Waals surface area contributed by atoms with Crippen molar-refractivity contribution in [2.75, 3.05) is 5.32 Å². The fourth-order valence-corrected chi connectivity index (χ4v) is 4.20. The summed E-state index contributed by atoms with van der Waals surface area (Å²) in [5, 5.41) is 10.3. The highest BCUT2D eigenvalue weighted by Crippen LogP contribution is 2.26. The summed E-state index contributed by atoms with van der Waals surface area (Å²) in [6.07, 6.45) is 0. The predicted molar refractivity (Wildman–Crippen MR) is 108 cm³/mol. The monoisotopic (exact) mass is 401 g/mol. The van der Waals surface area contributed by atoms with Crippen LogP contribution >= 0.6 is 11.3 Å². The van der Waals surface area contributed by atoms with Gasteiger partial charge in [0.05, 0.1) is 10.6 Å². The van der Waals surface area contributed by atoms with Gasteiger partial charge in [0, 0.05) is 16.5 Å². The number of sulfonamides is 1. The number of benzene rings is 2. The molecule has 3 N–H and O–H groups in total. The molecule has 8 heteroatoms. The molecule has 0 aliphatic carbocycles. The second kappa shape index (κ2) is 7.22. The van der Waals surface area contributed by atoms with Gasteiger partial charge in [-0.3, -0.25) is 10.1 Å². The molecular weight excluding hydrogens is 382 g/mol. The average molecular weight is 402 g/mol. The van der Waals surface area contributed by atoms with E-state index in [0.717, 1.165) is 16.8 Å². The van der Waals surface area contributed by atoms with Crippen LogP contribution in [0, 0.1) is 20.8 Å². The van der Waals surface area contributed by atoms with E-state index in [9.17, 15) is 13.2 Å². The summed E-state index contributed by atoms with van der Waals surface area (Å²) < 4.78 is 23.5. The van der Waals surface area contributed by atoms with Crippen LogP contribution in [0.2, 0.25) is 0 Å². The van der Waals surface area contributed by atoms with Crippen LogP contribution in [0.1, 0.15) is 27.0 Å². The first kappa shape index (κ1) is 19.2. The molecule has 0 aliphatic heterocycles. The van der Waals surface area contributed by atoms with Crippen molar-refractivity contribution < 1.29 is 13.2 Å². The highest BCUT2D eigenvalue weighted by Gasteiger charge is 2.18. The Labute approximate surface area is 162 Å². The summed E-state index contributed by atoms with van der Waals surface area (Å²) >= 11 is 1.30. The van der Waals surface area contributed by atoms with Gasteiger partial charge >= 0.3 is 0 Å². The van der Waals surface area contributed by atoms with Gasteiger partial charge in [-0.1, -0.05) is 29.8 Å². The number of carbonyl (C=O) groups is 1. The van der Waals surface area contributed by atoms with Gasteiger partial charge in [0.1, 0.15) is 0 Å². The third-order valence-corrected chi connectivity index (χ3v) is 6.06. The Morgan fingerprint density at radius 3 is 2.41 bits per heavy atom. The molecule has 1 heterocycles. The number of nitrogens with zero attached hydrogens (tertiary/aromatic N) is 1. The summed E-state index contributed by atoms with van der Waals surface area (Å²) in [4.78, 5) is 16.9. The summed E-state index contributed by atoms with van der Waals surface area (Å²) in [7, 11) is -3.91. The van der Waals surface area contributed by atoms with E-state index in [4.69, 9.17) is 5.14 Å². The highest BCUT2D eigenvalue weighted by atomic mass is 32.2. The van der Waals surface area contributed by atoms with Crippen molar-refractivity contribution in [3.63, 3.8) is 0 Å². The minimum absolute atomic E-state index is 0.0490. The largest absolute Gasteiger partial charge is 0.298 e. The Morgan fingerprint density at radius 1 is 1.11 bits per heavy atom. The van der Waals surface area contributed by atoms with Crippen LogP contribution in [0.3, 0.4) is 0 Å². The molecule has 3 aromatic rings. The van der Waals surface area contributed by atoms with Gasteiger partial charge in [-0.25, -0.2) is 18.5 Å². The highest BCUT2D eigenvalue weighted by molar-refractivity contribution is 7.89. The topological polar surface area (TPSA) is 102 Å². The number of amides is 1. The van der Waals surface area contributed by atoms with Crippen molar-refractivity contribution >= 4 is 32.4 Å². The van der Waals surface area contributed by atoms with Crippen LogP contribution in [0.4, 0.5) is 5.13 Å². The van der Waals surface area contributed by atoms with E-state index in [1.54, 1.807) is 19.9 Å². The molecule has 6 nitrogen and oxygen atoms in total. The number of aryl methyl sites for hydroxylation is 2. The number of nitrogens with two attached hydrogens (primary N) is 1. The maximum Gasteiger partial charge on any atom is 0.257 e. The van der Waals surface area contributed by atoms with Crippen LogP contribution in [0.25, 0.3) is 11.3 Å². The smallest absolute Gasteiger partial charge is 0.257 e. The molecule has 1 aromatic heterocycles. The molecule has 0 saturated carbocycles. The molecule has 0 unspecified atom stereocenters. The summed E-state index contributed by atoms with van der Waals surface area (Å²) in [5.41, 5.74) is 4.30. The molecule has 2 aromatic carbocycles.